The summed E-state index contributed by atoms with van der Waals surface area (Å²) in [5, 5.41) is 0. The molecule has 2 heteroatoms. The van der Waals surface area contributed by atoms with Gasteiger partial charge in [0.2, 0.25) is 0 Å². The molecule has 2 N–H and O–H groups in total. The van der Waals surface area contributed by atoms with Gasteiger partial charge >= 0.3 is 0 Å². The summed E-state index contributed by atoms with van der Waals surface area (Å²) in [6.45, 7) is 5.35. The number of nitrogens with two attached hydrogens (primary N) is 1. The van der Waals surface area contributed by atoms with Crippen molar-refractivity contribution in [3.8, 4) is 0 Å². The van der Waals surface area contributed by atoms with Crippen molar-refractivity contribution in [2.45, 2.75) is 13.3 Å². The van der Waals surface area contributed by atoms with E-state index >= 15 is 0 Å². The van der Waals surface area contributed by atoms with Crippen LogP contribution in [-0.4, -0.2) is 31.6 Å². The number of hydrogen-bond donors (Lipinski definition) is 1. The molecule has 1 saturated heterocycles. The molecule has 1 fully saturated rings. The van der Waals surface area contributed by atoms with Crippen LogP contribution in [0.5, 0.6) is 0 Å². The molecule has 1 aliphatic rings. The molecule has 0 spiro atoms. The lowest BCUT2D eigenvalue weighted by Gasteiger charge is -2.29. The largest absolute Gasteiger partial charge is 0.327 e. The Balaban J connectivity index is 2.50. The van der Waals surface area contributed by atoms with E-state index in [1.165, 1.54) is 19.5 Å². The lowest BCUT2D eigenvalue weighted by molar-refractivity contribution is 0.267. The van der Waals surface area contributed by atoms with E-state index in [0.29, 0.717) is 12.5 Å². The molecule has 1 unspecified atom stereocenters. The van der Waals surface area contributed by atoms with Gasteiger partial charge in [-0.25, -0.2) is 0 Å². The molecule has 0 radical (unpaired) electrons. The van der Waals surface area contributed by atoms with Crippen molar-refractivity contribution in [1.29, 1.82) is 0 Å². The summed E-state index contributed by atoms with van der Waals surface area (Å²) in [7, 11) is 2.18. The Morgan fingerprint density at radius 1 is 1.73 bits per heavy atom. The van der Waals surface area contributed by atoms with Crippen molar-refractivity contribution in [3.63, 3.8) is 0 Å². The van der Waals surface area contributed by atoms with Gasteiger partial charge in [-0.05, 0) is 19.4 Å². The zero-order valence-electron chi connectivity index (χ0n) is 7.51. The average Bonchev–Trinajstić information content (AvgIpc) is 1.95. The lowest BCUT2D eigenvalue weighted by Crippen LogP contribution is -2.32. The third-order valence-corrected chi connectivity index (χ3v) is 2.38. The molecule has 0 aromatic heterocycles. The zero-order chi connectivity index (χ0) is 8.27. The monoisotopic (exact) mass is 154 g/mol. The minimum atomic E-state index is 0.698. The van der Waals surface area contributed by atoms with Gasteiger partial charge in [-0.1, -0.05) is 18.6 Å². The van der Waals surface area contributed by atoms with E-state index in [1.807, 2.05) is 0 Å². The van der Waals surface area contributed by atoms with Gasteiger partial charge in [0, 0.05) is 19.6 Å². The van der Waals surface area contributed by atoms with E-state index in [4.69, 9.17) is 5.73 Å². The fourth-order valence-electron chi connectivity index (χ4n) is 1.70. The highest BCUT2D eigenvalue weighted by atomic mass is 15.1. The Labute approximate surface area is 69.1 Å². The SMILES string of the molecule is CC1CN(C)CC/C1=C\CN. The summed E-state index contributed by atoms with van der Waals surface area (Å²) >= 11 is 0. The molecule has 0 aromatic rings. The fourth-order valence-corrected chi connectivity index (χ4v) is 1.70. The van der Waals surface area contributed by atoms with Crippen molar-refractivity contribution in [3.05, 3.63) is 11.6 Å². The second kappa shape index (κ2) is 3.88. The molecule has 0 aliphatic carbocycles. The second-order valence-corrected chi connectivity index (χ2v) is 3.43. The van der Waals surface area contributed by atoms with Crippen molar-refractivity contribution in [2.24, 2.45) is 11.7 Å². The first-order valence-corrected chi connectivity index (χ1v) is 4.31. The van der Waals surface area contributed by atoms with E-state index < -0.39 is 0 Å². The predicted octanol–water partition coefficient (Wildman–Crippen LogP) is 0.843. The Hall–Kier alpha value is -0.340. The molecule has 1 atom stereocenters. The maximum Gasteiger partial charge on any atom is 0.0109 e. The smallest absolute Gasteiger partial charge is 0.0109 e. The lowest BCUT2D eigenvalue weighted by atomic mass is 9.93. The number of likely N-dealkylation sites (tertiary alicyclic amines) is 1. The topological polar surface area (TPSA) is 29.3 Å². The van der Waals surface area contributed by atoms with Crippen LogP contribution in [0.25, 0.3) is 0 Å². The van der Waals surface area contributed by atoms with Gasteiger partial charge in [0.15, 0.2) is 0 Å². The summed E-state index contributed by atoms with van der Waals surface area (Å²) < 4.78 is 0. The van der Waals surface area contributed by atoms with Gasteiger partial charge in [-0.15, -0.1) is 0 Å². The minimum absolute atomic E-state index is 0.698. The summed E-state index contributed by atoms with van der Waals surface area (Å²) in [4.78, 5) is 2.37. The number of hydrogen-bond acceptors (Lipinski definition) is 2. The highest BCUT2D eigenvalue weighted by molar-refractivity contribution is 5.09. The molecule has 0 amide bonds. The van der Waals surface area contributed by atoms with E-state index in [9.17, 15) is 0 Å². The van der Waals surface area contributed by atoms with Gasteiger partial charge in [-0.3, -0.25) is 0 Å². The molecule has 0 aromatic carbocycles. The van der Waals surface area contributed by atoms with E-state index in [2.05, 4.69) is 24.9 Å². The van der Waals surface area contributed by atoms with Gasteiger partial charge in [0.25, 0.3) is 0 Å². The van der Waals surface area contributed by atoms with Gasteiger partial charge in [-0.2, -0.15) is 0 Å². The van der Waals surface area contributed by atoms with Crippen molar-refractivity contribution in [1.82, 2.24) is 4.90 Å². The molecule has 2 nitrogen and oxygen atoms in total. The molecule has 1 rings (SSSR count). The highest BCUT2D eigenvalue weighted by Crippen LogP contribution is 2.20. The standard InChI is InChI=1S/C9H18N2/c1-8-7-11(2)6-4-9(8)3-5-10/h3,8H,4-7,10H2,1-2H3/b9-3+. The Bertz CT molecular complexity index is 152. The number of rotatable bonds is 1. The van der Waals surface area contributed by atoms with Crippen LogP contribution in [0.4, 0.5) is 0 Å². The predicted molar refractivity (Wildman–Crippen MR) is 48.4 cm³/mol. The first kappa shape index (κ1) is 8.75. The number of piperidine rings is 1. The summed E-state index contributed by atoms with van der Waals surface area (Å²) in [5.74, 6) is 0.706. The summed E-state index contributed by atoms with van der Waals surface area (Å²) in [6, 6.07) is 0. The van der Waals surface area contributed by atoms with E-state index in [1.54, 1.807) is 5.57 Å². The van der Waals surface area contributed by atoms with Crippen molar-refractivity contribution in [2.75, 3.05) is 26.7 Å². The zero-order valence-corrected chi connectivity index (χ0v) is 7.51. The fraction of sp³-hybridized carbons (Fsp3) is 0.778. The van der Waals surface area contributed by atoms with Gasteiger partial charge < -0.3 is 10.6 Å². The normalized spacial score (nSPS) is 31.2. The highest BCUT2D eigenvalue weighted by Gasteiger charge is 2.16. The molecule has 0 bridgehead atoms. The van der Waals surface area contributed by atoms with Crippen molar-refractivity contribution < 1.29 is 0 Å². The first-order chi connectivity index (χ1) is 5.24. The summed E-state index contributed by atoms with van der Waals surface area (Å²) in [5.41, 5.74) is 7.01. The molecular formula is C9H18N2. The first-order valence-electron chi connectivity index (χ1n) is 4.31. The third kappa shape index (κ3) is 2.31. The van der Waals surface area contributed by atoms with Crippen LogP contribution >= 0.6 is 0 Å². The third-order valence-electron chi connectivity index (χ3n) is 2.38. The minimum Gasteiger partial charge on any atom is -0.327 e. The molecule has 11 heavy (non-hydrogen) atoms. The second-order valence-electron chi connectivity index (χ2n) is 3.43. The molecule has 0 saturated carbocycles. The quantitative estimate of drug-likeness (QED) is 0.567. The maximum atomic E-state index is 5.47. The van der Waals surface area contributed by atoms with Crippen LogP contribution in [-0.2, 0) is 0 Å². The van der Waals surface area contributed by atoms with Crippen LogP contribution in [0.2, 0.25) is 0 Å². The van der Waals surface area contributed by atoms with Crippen LogP contribution in [0, 0.1) is 5.92 Å². The Morgan fingerprint density at radius 2 is 2.45 bits per heavy atom. The van der Waals surface area contributed by atoms with Crippen LogP contribution in [0.15, 0.2) is 11.6 Å². The maximum absolute atomic E-state index is 5.47. The molecule has 1 heterocycles. The van der Waals surface area contributed by atoms with Crippen LogP contribution in [0.3, 0.4) is 0 Å². The molecular weight excluding hydrogens is 136 g/mol. The molecule has 64 valence electrons. The van der Waals surface area contributed by atoms with E-state index in [0.717, 1.165) is 0 Å². The van der Waals surface area contributed by atoms with Crippen molar-refractivity contribution >= 4 is 0 Å². The number of nitrogens with zero attached hydrogens (tertiary/aromatic N) is 1. The van der Waals surface area contributed by atoms with Crippen LogP contribution < -0.4 is 5.73 Å². The molecule has 1 aliphatic heterocycles. The van der Waals surface area contributed by atoms with E-state index in [-0.39, 0.29) is 0 Å². The van der Waals surface area contributed by atoms with Gasteiger partial charge in [0.1, 0.15) is 0 Å². The van der Waals surface area contributed by atoms with Crippen LogP contribution in [0.1, 0.15) is 13.3 Å². The Kier molecular flexibility index (Phi) is 3.09. The average molecular weight is 154 g/mol. The van der Waals surface area contributed by atoms with Gasteiger partial charge in [0.05, 0.1) is 0 Å². The summed E-state index contributed by atoms with van der Waals surface area (Å²) in [6.07, 6.45) is 3.38. The Morgan fingerprint density at radius 3 is 3.00 bits per heavy atom.